The summed E-state index contributed by atoms with van der Waals surface area (Å²) in [6.07, 6.45) is 7.72. The number of rotatable bonds is 7. The van der Waals surface area contributed by atoms with E-state index in [1.165, 1.54) is 25.3 Å². The molecule has 0 heterocycles. The van der Waals surface area contributed by atoms with Crippen LogP contribution in [0.25, 0.3) is 0 Å². The van der Waals surface area contributed by atoms with Crippen molar-refractivity contribution in [2.75, 3.05) is 0 Å². The maximum absolute atomic E-state index is 10.1. The SMILES string of the molecule is CCCCCCCC=C(O)C(=O)O. The Morgan fingerprint density at radius 3 is 2.31 bits per heavy atom. The third-order valence-corrected chi connectivity index (χ3v) is 1.86. The summed E-state index contributed by atoms with van der Waals surface area (Å²) in [5.74, 6) is -1.77. The van der Waals surface area contributed by atoms with Gasteiger partial charge in [0.15, 0.2) is 5.76 Å². The largest absolute Gasteiger partial charge is 0.502 e. The van der Waals surface area contributed by atoms with E-state index in [1.807, 2.05) is 0 Å². The van der Waals surface area contributed by atoms with Crippen LogP contribution in [0.2, 0.25) is 0 Å². The van der Waals surface area contributed by atoms with Gasteiger partial charge in [0, 0.05) is 0 Å². The first-order valence-corrected chi connectivity index (χ1v) is 4.81. The minimum absolute atomic E-state index is 0.532. The van der Waals surface area contributed by atoms with Crippen LogP contribution >= 0.6 is 0 Å². The van der Waals surface area contributed by atoms with Crippen LogP contribution in [0.3, 0.4) is 0 Å². The van der Waals surface area contributed by atoms with Crippen molar-refractivity contribution in [3.05, 3.63) is 11.8 Å². The molecular weight excluding hydrogens is 168 g/mol. The van der Waals surface area contributed by atoms with Crippen LogP contribution in [0.15, 0.2) is 11.8 Å². The standard InChI is InChI=1S/C10H18O3/c1-2-3-4-5-6-7-8-9(11)10(12)13/h8,11H,2-7H2,1H3,(H,12,13). The second-order valence-corrected chi connectivity index (χ2v) is 3.10. The number of aliphatic hydroxyl groups is 1. The van der Waals surface area contributed by atoms with Crippen molar-refractivity contribution in [3.63, 3.8) is 0 Å². The summed E-state index contributed by atoms with van der Waals surface area (Å²) >= 11 is 0. The van der Waals surface area contributed by atoms with Crippen molar-refractivity contribution in [1.29, 1.82) is 0 Å². The molecule has 0 aromatic carbocycles. The summed E-state index contributed by atoms with van der Waals surface area (Å²) in [6.45, 7) is 2.15. The Morgan fingerprint density at radius 1 is 1.15 bits per heavy atom. The van der Waals surface area contributed by atoms with Crippen LogP contribution in [0, 0.1) is 0 Å². The van der Waals surface area contributed by atoms with Crippen LogP contribution < -0.4 is 0 Å². The molecule has 0 atom stereocenters. The maximum Gasteiger partial charge on any atom is 0.370 e. The topological polar surface area (TPSA) is 57.5 Å². The average Bonchev–Trinajstić information content (AvgIpc) is 2.10. The molecule has 0 unspecified atom stereocenters. The lowest BCUT2D eigenvalue weighted by atomic mass is 10.1. The summed E-state index contributed by atoms with van der Waals surface area (Å²) in [6, 6.07) is 0. The summed E-state index contributed by atoms with van der Waals surface area (Å²) in [5, 5.41) is 17.1. The number of hydrogen-bond acceptors (Lipinski definition) is 2. The summed E-state index contributed by atoms with van der Waals surface area (Å²) in [7, 11) is 0. The van der Waals surface area contributed by atoms with E-state index in [9.17, 15) is 4.79 Å². The minimum atomic E-state index is -1.24. The molecule has 3 nitrogen and oxygen atoms in total. The van der Waals surface area contributed by atoms with Gasteiger partial charge in [-0.25, -0.2) is 4.79 Å². The molecule has 0 aliphatic rings. The molecule has 0 bridgehead atoms. The number of carboxylic acid groups (broad SMARTS) is 1. The van der Waals surface area contributed by atoms with E-state index in [0.717, 1.165) is 12.8 Å². The molecule has 0 fully saturated rings. The van der Waals surface area contributed by atoms with E-state index >= 15 is 0 Å². The van der Waals surface area contributed by atoms with Gasteiger partial charge in [-0.05, 0) is 18.9 Å². The van der Waals surface area contributed by atoms with E-state index < -0.39 is 11.7 Å². The first-order valence-electron chi connectivity index (χ1n) is 4.81. The van der Waals surface area contributed by atoms with E-state index in [1.54, 1.807) is 0 Å². The van der Waals surface area contributed by atoms with Gasteiger partial charge in [0.25, 0.3) is 0 Å². The molecule has 0 spiro atoms. The highest BCUT2D eigenvalue weighted by Gasteiger charge is 2.00. The van der Waals surface area contributed by atoms with Gasteiger partial charge in [-0.1, -0.05) is 32.6 Å². The number of carboxylic acids is 1. The normalized spacial score (nSPS) is 11.6. The minimum Gasteiger partial charge on any atom is -0.502 e. The fourth-order valence-electron chi connectivity index (χ4n) is 1.07. The first kappa shape index (κ1) is 12.0. The summed E-state index contributed by atoms with van der Waals surface area (Å²) in [4.78, 5) is 10.1. The molecule has 3 heteroatoms. The lowest BCUT2D eigenvalue weighted by Gasteiger charge is -1.96. The van der Waals surface area contributed by atoms with Crippen LogP contribution in [0.5, 0.6) is 0 Å². The average molecular weight is 186 g/mol. The molecule has 0 aromatic heterocycles. The van der Waals surface area contributed by atoms with Gasteiger partial charge in [0.05, 0.1) is 0 Å². The molecule has 2 N–H and O–H groups in total. The van der Waals surface area contributed by atoms with Gasteiger partial charge in [-0.15, -0.1) is 0 Å². The van der Waals surface area contributed by atoms with Crippen LogP contribution in [0.4, 0.5) is 0 Å². The van der Waals surface area contributed by atoms with E-state index in [2.05, 4.69) is 6.92 Å². The first-order chi connectivity index (χ1) is 6.18. The third kappa shape index (κ3) is 7.37. The number of aliphatic carboxylic acids is 1. The van der Waals surface area contributed by atoms with Crippen LogP contribution in [0.1, 0.15) is 45.4 Å². The molecule has 76 valence electrons. The highest BCUT2D eigenvalue weighted by molar-refractivity contribution is 5.83. The van der Waals surface area contributed by atoms with E-state index in [-0.39, 0.29) is 0 Å². The predicted molar refractivity (Wildman–Crippen MR) is 51.7 cm³/mol. The number of aliphatic hydroxyl groups excluding tert-OH is 1. The number of unbranched alkanes of at least 4 members (excludes halogenated alkanes) is 5. The van der Waals surface area contributed by atoms with Crippen LogP contribution in [-0.2, 0) is 4.79 Å². The number of hydrogen-bond donors (Lipinski definition) is 2. The summed E-state index contributed by atoms with van der Waals surface area (Å²) < 4.78 is 0. The number of allylic oxidation sites excluding steroid dienone is 1. The zero-order valence-electron chi connectivity index (χ0n) is 8.12. The van der Waals surface area contributed by atoms with Gasteiger partial charge in [0.1, 0.15) is 0 Å². The second kappa shape index (κ2) is 7.65. The molecule has 0 radical (unpaired) electrons. The Morgan fingerprint density at radius 2 is 1.77 bits per heavy atom. The van der Waals surface area contributed by atoms with Crippen molar-refractivity contribution >= 4 is 5.97 Å². The Kier molecular flexibility index (Phi) is 7.07. The lowest BCUT2D eigenvalue weighted by Crippen LogP contribution is -1.98. The fourth-order valence-corrected chi connectivity index (χ4v) is 1.07. The molecule has 0 saturated carbocycles. The Labute approximate surface area is 79.1 Å². The quantitative estimate of drug-likeness (QED) is 0.365. The smallest absolute Gasteiger partial charge is 0.370 e. The Hall–Kier alpha value is -0.990. The Bertz CT molecular complexity index is 173. The van der Waals surface area contributed by atoms with Gasteiger partial charge in [0.2, 0.25) is 0 Å². The second-order valence-electron chi connectivity index (χ2n) is 3.10. The molecule has 13 heavy (non-hydrogen) atoms. The zero-order valence-corrected chi connectivity index (χ0v) is 8.12. The maximum atomic E-state index is 10.1. The fraction of sp³-hybridized carbons (Fsp3) is 0.700. The number of carbonyl (C=O) groups is 1. The van der Waals surface area contributed by atoms with Crippen LogP contribution in [-0.4, -0.2) is 16.2 Å². The van der Waals surface area contributed by atoms with Gasteiger partial charge in [-0.3, -0.25) is 0 Å². The molecule has 0 rings (SSSR count). The third-order valence-electron chi connectivity index (χ3n) is 1.86. The monoisotopic (exact) mass is 186 g/mol. The zero-order chi connectivity index (χ0) is 10.1. The van der Waals surface area contributed by atoms with Crippen molar-refractivity contribution < 1.29 is 15.0 Å². The lowest BCUT2D eigenvalue weighted by molar-refractivity contribution is -0.135. The molecule has 0 aromatic rings. The molecule has 0 aliphatic carbocycles. The molecule has 0 amide bonds. The molecule has 0 aliphatic heterocycles. The van der Waals surface area contributed by atoms with E-state index in [4.69, 9.17) is 10.2 Å². The van der Waals surface area contributed by atoms with Gasteiger partial charge < -0.3 is 10.2 Å². The van der Waals surface area contributed by atoms with E-state index in [0.29, 0.717) is 6.42 Å². The van der Waals surface area contributed by atoms with Crippen molar-refractivity contribution in [3.8, 4) is 0 Å². The predicted octanol–water partition coefficient (Wildman–Crippen LogP) is 2.87. The highest BCUT2D eigenvalue weighted by atomic mass is 16.4. The molecular formula is C10H18O3. The Balaban J connectivity index is 3.34. The van der Waals surface area contributed by atoms with Crippen molar-refractivity contribution in [1.82, 2.24) is 0 Å². The molecule has 0 saturated heterocycles. The van der Waals surface area contributed by atoms with Gasteiger partial charge in [-0.2, -0.15) is 0 Å². The highest BCUT2D eigenvalue weighted by Crippen LogP contribution is 2.06. The van der Waals surface area contributed by atoms with Crippen molar-refractivity contribution in [2.24, 2.45) is 0 Å². The van der Waals surface area contributed by atoms with Crippen molar-refractivity contribution in [2.45, 2.75) is 45.4 Å². The van der Waals surface area contributed by atoms with Gasteiger partial charge >= 0.3 is 5.97 Å². The summed E-state index contributed by atoms with van der Waals surface area (Å²) in [5.41, 5.74) is 0.